The highest BCUT2D eigenvalue weighted by Gasteiger charge is 2.10. The van der Waals surface area contributed by atoms with Crippen LogP contribution in [0.2, 0.25) is 0 Å². The topological polar surface area (TPSA) is 32.7 Å². The summed E-state index contributed by atoms with van der Waals surface area (Å²) in [6.07, 6.45) is 3.60. The zero-order valence-electron chi connectivity index (χ0n) is 12.1. The van der Waals surface area contributed by atoms with E-state index in [4.69, 9.17) is 4.74 Å². The lowest BCUT2D eigenvalue weighted by molar-refractivity contribution is 0.182. The fraction of sp³-hybridized carbons (Fsp3) is 0.625. The van der Waals surface area contributed by atoms with Gasteiger partial charge in [0.2, 0.25) is 0 Å². The predicted molar refractivity (Wildman–Crippen MR) is 77.6 cm³/mol. The number of hydrogen-bond donors (Lipinski definition) is 1. The fourth-order valence-corrected chi connectivity index (χ4v) is 2.56. The van der Waals surface area contributed by atoms with Gasteiger partial charge in [0.1, 0.15) is 12.4 Å². The Morgan fingerprint density at radius 3 is 2.63 bits per heavy atom. The highest BCUT2D eigenvalue weighted by molar-refractivity contribution is 5.36. The van der Waals surface area contributed by atoms with E-state index in [2.05, 4.69) is 4.90 Å². The van der Waals surface area contributed by atoms with Crippen LogP contribution < -0.4 is 4.74 Å². The van der Waals surface area contributed by atoms with Crippen molar-refractivity contribution in [2.75, 3.05) is 26.2 Å². The van der Waals surface area contributed by atoms with Gasteiger partial charge in [0.25, 0.3) is 0 Å². The first kappa shape index (κ1) is 14.4. The number of aliphatic hydroxyl groups excluding tert-OH is 1. The van der Waals surface area contributed by atoms with Gasteiger partial charge in [-0.3, -0.25) is 4.90 Å². The standard InChI is InChI=1S/C16H25NO2/c1-13-12-15(14(2)18)6-7-16(13)19-11-10-17-8-4-3-5-9-17/h6-7,12,14,18H,3-5,8-11H2,1-2H3/t14-/m0/s1. The van der Waals surface area contributed by atoms with E-state index in [-0.39, 0.29) is 0 Å². The largest absolute Gasteiger partial charge is 0.492 e. The molecule has 1 heterocycles. The quantitative estimate of drug-likeness (QED) is 0.886. The molecular formula is C16H25NO2. The van der Waals surface area contributed by atoms with Crippen molar-refractivity contribution in [1.29, 1.82) is 0 Å². The van der Waals surface area contributed by atoms with E-state index in [0.717, 1.165) is 30.0 Å². The molecule has 106 valence electrons. The average molecular weight is 263 g/mol. The van der Waals surface area contributed by atoms with Gasteiger partial charge < -0.3 is 9.84 Å². The van der Waals surface area contributed by atoms with Crippen molar-refractivity contribution in [3.8, 4) is 5.75 Å². The molecule has 0 amide bonds. The van der Waals surface area contributed by atoms with E-state index < -0.39 is 6.10 Å². The van der Waals surface area contributed by atoms with Gasteiger partial charge in [0.15, 0.2) is 0 Å². The highest BCUT2D eigenvalue weighted by atomic mass is 16.5. The van der Waals surface area contributed by atoms with Crippen LogP contribution in [-0.2, 0) is 0 Å². The number of rotatable bonds is 5. The zero-order valence-corrected chi connectivity index (χ0v) is 12.1. The van der Waals surface area contributed by atoms with Gasteiger partial charge in [0, 0.05) is 6.54 Å². The SMILES string of the molecule is Cc1cc([C@H](C)O)ccc1OCCN1CCCCC1. The summed E-state index contributed by atoms with van der Waals surface area (Å²) in [5, 5.41) is 9.54. The molecule has 0 bridgehead atoms. The molecule has 1 saturated heterocycles. The lowest BCUT2D eigenvalue weighted by Gasteiger charge is -2.26. The molecule has 0 saturated carbocycles. The molecule has 2 rings (SSSR count). The Morgan fingerprint density at radius 2 is 2.00 bits per heavy atom. The fourth-order valence-electron chi connectivity index (χ4n) is 2.56. The van der Waals surface area contributed by atoms with Gasteiger partial charge in [0.05, 0.1) is 6.10 Å². The molecule has 0 unspecified atom stereocenters. The zero-order chi connectivity index (χ0) is 13.7. The maximum absolute atomic E-state index is 9.54. The summed E-state index contributed by atoms with van der Waals surface area (Å²) in [5.41, 5.74) is 2.04. The van der Waals surface area contributed by atoms with Crippen LogP contribution in [0, 0.1) is 6.92 Å². The van der Waals surface area contributed by atoms with Crippen LogP contribution in [0.3, 0.4) is 0 Å². The number of aliphatic hydroxyl groups is 1. The average Bonchev–Trinajstić information content (AvgIpc) is 2.41. The summed E-state index contributed by atoms with van der Waals surface area (Å²) in [6.45, 7) is 7.99. The number of nitrogens with zero attached hydrogens (tertiary/aromatic N) is 1. The molecular weight excluding hydrogens is 238 g/mol. The van der Waals surface area contributed by atoms with E-state index in [1.807, 2.05) is 25.1 Å². The third kappa shape index (κ3) is 4.22. The second-order valence-electron chi connectivity index (χ2n) is 5.45. The minimum atomic E-state index is -0.416. The van der Waals surface area contributed by atoms with Crippen molar-refractivity contribution in [3.05, 3.63) is 29.3 Å². The molecule has 0 aromatic heterocycles. The Hall–Kier alpha value is -1.06. The molecule has 1 aromatic carbocycles. The van der Waals surface area contributed by atoms with Crippen LogP contribution >= 0.6 is 0 Å². The van der Waals surface area contributed by atoms with Crippen molar-refractivity contribution < 1.29 is 9.84 Å². The summed E-state index contributed by atoms with van der Waals surface area (Å²) in [5.74, 6) is 0.932. The van der Waals surface area contributed by atoms with Gasteiger partial charge >= 0.3 is 0 Å². The molecule has 19 heavy (non-hydrogen) atoms. The van der Waals surface area contributed by atoms with Gasteiger partial charge in [-0.1, -0.05) is 12.5 Å². The molecule has 0 radical (unpaired) electrons. The van der Waals surface area contributed by atoms with Gasteiger partial charge in [-0.25, -0.2) is 0 Å². The molecule has 3 nitrogen and oxygen atoms in total. The van der Waals surface area contributed by atoms with Crippen molar-refractivity contribution in [1.82, 2.24) is 4.90 Å². The van der Waals surface area contributed by atoms with E-state index in [1.54, 1.807) is 6.92 Å². The second kappa shape index (κ2) is 6.92. The number of piperidine rings is 1. The van der Waals surface area contributed by atoms with E-state index >= 15 is 0 Å². The van der Waals surface area contributed by atoms with E-state index in [1.165, 1.54) is 32.4 Å². The molecule has 0 spiro atoms. The molecule has 0 aliphatic carbocycles. The summed E-state index contributed by atoms with van der Waals surface area (Å²) in [4.78, 5) is 2.48. The third-order valence-electron chi connectivity index (χ3n) is 3.80. The molecule has 3 heteroatoms. The molecule has 1 atom stereocenters. The summed E-state index contributed by atoms with van der Waals surface area (Å²) < 4.78 is 5.85. The van der Waals surface area contributed by atoms with E-state index in [0.29, 0.717) is 0 Å². The van der Waals surface area contributed by atoms with Gasteiger partial charge in [-0.2, -0.15) is 0 Å². The minimum absolute atomic E-state index is 0.416. The number of hydrogen-bond acceptors (Lipinski definition) is 3. The Labute approximate surface area is 116 Å². The normalized spacial score (nSPS) is 18.3. The first-order valence-electron chi connectivity index (χ1n) is 7.30. The van der Waals surface area contributed by atoms with Crippen molar-refractivity contribution in [2.45, 2.75) is 39.2 Å². The van der Waals surface area contributed by atoms with Crippen LogP contribution in [0.15, 0.2) is 18.2 Å². The number of benzene rings is 1. The Morgan fingerprint density at radius 1 is 1.26 bits per heavy atom. The lowest BCUT2D eigenvalue weighted by Crippen LogP contribution is -2.33. The van der Waals surface area contributed by atoms with Gasteiger partial charge in [-0.05, 0) is 63.0 Å². The smallest absolute Gasteiger partial charge is 0.122 e. The predicted octanol–water partition coefficient (Wildman–Crippen LogP) is 2.91. The Bertz CT molecular complexity index is 398. The monoisotopic (exact) mass is 263 g/mol. The first-order chi connectivity index (χ1) is 9.16. The number of aryl methyl sites for hydroxylation is 1. The lowest BCUT2D eigenvalue weighted by atomic mass is 10.1. The molecule has 1 aromatic rings. The Balaban J connectivity index is 1.82. The maximum Gasteiger partial charge on any atom is 0.122 e. The molecule has 1 fully saturated rings. The van der Waals surface area contributed by atoms with Crippen LogP contribution in [0.1, 0.15) is 43.4 Å². The summed E-state index contributed by atoms with van der Waals surface area (Å²) in [6, 6.07) is 5.91. The third-order valence-corrected chi connectivity index (χ3v) is 3.80. The number of ether oxygens (including phenoxy) is 1. The van der Waals surface area contributed by atoms with E-state index in [9.17, 15) is 5.11 Å². The minimum Gasteiger partial charge on any atom is -0.492 e. The highest BCUT2D eigenvalue weighted by Crippen LogP contribution is 2.22. The molecule has 1 aliphatic rings. The first-order valence-corrected chi connectivity index (χ1v) is 7.30. The molecule has 1 N–H and O–H groups in total. The maximum atomic E-state index is 9.54. The van der Waals surface area contributed by atoms with Crippen molar-refractivity contribution in [2.24, 2.45) is 0 Å². The summed E-state index contributed by atoms with van der Waals surface area (Å²) in [7, 11) is 0. The van der Waals surface area contributed by atoms with Crippen molar-refractivity contribution in [3.63, 3.8) is 0 Å². The van der Waals surface area contributed by atoms with Crippen LogP contribution in [-0.4, -0.2) is 36.2 Å². The van der Waals surface area contributed by atoms with Crippen LogP contribution in [0.4, 0.5) is 0 Å². The Kier molecular flexibility index (Phi) is 5.23. The van der Waals surface area contributed by atoms with Crippen molar-refractivity contribution >= 4 is 0 Å². The van der Waals surface area contributed by atoms with Crippen LogP contribution in [0.5, 0.6) is 5.75 Å². The summed E-state index contributed by atoms with van der Waals surface area (Å²) >= 11 is 0. The van der Waals surface area contributed by atoms with Crippen LogP contribution in [0.25, 0.3) is 0 Å². The second-order valence-corrected chi connectivity index (χ2v) is 5.45. The number of likely N-dealkylation sites (tertiary alicyclic amines) is 1. The molecule has 1 aliphatic heterocycles. The van der Waals surface area contributed by atoms with Gasteiger partial charge in [-0.15, -0.1) is 0 Å².